The van der Waals surface area contributed by atoms with E-state index in [0.29, 0.717) is 5.69 Å². The third-order valence-electron chi connectivity index (χ3n) is 3.81. The summed E-state index contributed by atoms with van der Waals surface area (Å²) in [6, 6.07) is 12.0. The highest BCUT2D eigenvalue weighted by Crippen LogP contribution is 2.30. The quantitative estimate of drug-likeness (QED) is 0.853. The molecule has 0 saturated carbocycles. The van der Waals surface area contributed by atoms with Gasteiger partial charge in [-0.3, -0.25) is 4.79 Å². The SMILES string of the molecule is Cc1ccc(C(C)(C)C(=O)Nc2ccc(C(F)(F)F)cc2)cc1. The minimum Gasteiger partial charge on any atom is -0.325 e. The van der Waals surface area contributed by atoms with Crippen molar-refractivity contribution in [1.82, 2.24) is 0 Å². The molecule has 0 bridgehead atoms. The highest BCUT2D eigenvalue weighted by molar-refractivity contribution is 5.98. The summed E-state index contributed by atoms with van der Waals surface area (Å²) in [6.45, 7) is 5.51. The Bertz CT molecular complexity index is 686. The average molecular weight is 321 g/mol. The zero-order chi connectivity index (χ0) is 17.3. The van der Waals surface area contributed by atoms with E-state index < -0.39 is 17.2 Å². The lowest BCUT2D eigenvalue weighted by Gasteiger charge is -2.24. The molecule has 0 atom stereocenters. The standard InChI is InChI=1S/C18H18F3NO/c1-12-4-6-13(7-5-12)17(2,3)16(23)22-15-10-8-14(9-11-15)18(19,20)21/h4-11H,1-3H3,(H,22,23). The van der Waals surface area contributed by atoms with Crippen molar-refractivity contribution in [3.63, 3.8) is 0 Å². The molecule has 1 amide bonds. The van der Waals surface area contributed by atoms with Crippen molar-refractivity contribution in [1.29, 1.82) is 0 Å². The summed E-state index contributed by atoms with van der Waals surface area (Å²) in [5.41, 5.74) is 0.729. The number of nitrogens with one attached hydrogen (secondary N) is 1. The van der Waals surface area contributed by atoms with Crippen LogP contribution < -0.4 is 5.32 Å². The molecule has 23 heavy (non-hydrogen) atoms. The maximum absolute atomic E-state index is 12.5. The lowest BCUT2D eigenvalue weighted by molar-refractivity contribution is -0.137. The van der Waals surface area contributed by atoms with E-state index in [1.165, 1.54) is 12.1 Å². The lowest BCUT2D eigenvalue weighted by atomic mass is 9.83. The van der Waals surface area contributed by atoms with Crippen LogP contribution in [0.5, 0.6) is 0 Å². The number of carbonyl (C=O) groups excluding carboxylic acids is 1. The molecule has 0 spiro atoms. The zero-order valence-electron chi connectivity index (χ0n) is 13.2. The van der Waals surface area contributed by atoms with E-state index in [1.807, 2.05) is 31.2 Å². The van der Waals surface area contributed by atoms with Crippen LogP contribution in [0, 0.1) is 6.92 Å². The fourth-order valence-electron chi connectivity index (χ4n) is 2.13. The number of alkyl halides is 3. The summed E-state index contributed by atoms with van der Waals surface area (Å²) in [5, 5.41) is 2.67. The molecule has 0 aliphatic carbocycles. The maximum atomic E-state index is 12.5. The van der Waals surface area contributed by atoms with E-state index in [9.17, 15) is 18.0 Å². The molecule has 0 aliphatic heterocycles. The van der Waals surface area contributed by atoms with Crippen LogP contribution in [-0.2, 0) is 16.4 Å². The van der Waals surface area contributed by atoms with Gasteiger partial charge in [0.2, 0.25) is 5.91 Å². The first-order valence-electron chi connectivity index (χ1n) is 7.16. The van der Waals surface area contributed by atoms with Crippen molar-refractivity contribution >= 4 is 11.6 Å². The highest BCUT2D eigenvalue weighted by Gasteiger charge is 2.31. The summed E-state index contributed by atoms with van der Waals surface area (Å²) in [6.07, 6.45) is -4.39. The third-order valence-corrected chi connectivity index (χ3v) is 3.81. The first-order chi connectivity index (χ1) is 10.6. The number of amides is 1. The first kappa shape index (κ1) is 17.1. The molecule has 0 unspecified atom stereocenters. The van der Waals surface area contributed by atoms with Gasteiger partial charge in [-0.2, -0.15) is 13.2 Å². The second-order valence-electron chi connectivity index (χ2n) is 6.02. The Hall–Kier alpha value is -2.30. The van der Waals surface area contributed by atoms with Gasteiger partial charge in [-0.15, -0.1) is 0 Å². The van der Waals surface area contributed by atoms with Gasteiger partial charge in [0.05, 0.1) is 11.0 Å². The summed E-state index contributed by atoms with van der Waals surface area (Å²) in [5.74, 6) is -0.277. The van der Waals surface area contributed by atoms with Crippen LogP contribution >= 0.6 is 0 Å². The Morgan fingerprint density at radius 3 is 1.83 bits per heavy atom. The van der Waals surface area contributed by atoms with Gasteiger partial charge >= 0.3 is 6.18 Å². The molecule has 2 nitrogen and oxygen atoms in total. The van der Waals surface area contributed by atoms with Crippen molar-refractivity contribution in [3.05, 3.63) is 65.2 Å². The number of benzene rings is 2. The molecular formula is C18H18F3NO. The second-order valence-corrected chi connectivity index (χ2v) is 6.02. The van der Waals surface area contributed by atoms with Gasteiger partial charge < -0.3 is 5.32 Å². The number of rotatable bonds is 3. The van der Waals surface area contributed by atoms with Crippen LogP contribution in [0.2, 0.25) is 0 Å². The summed E-state index contributed by atoms with van der Waals surface area (Å²) < 4.78 is 37.6. The Balaban J connectivity index is 2.16. The molecular weight excluding hydrogens is 303 g/mol. The van der Waals surface area contributed by atoms with Gasteiger partial charge in [0.15, 0.2) is 0 Å². The minimum atomic E-state index is -4.39. The lowest BCUT2D eigenvalue weighted by Crippen LogP contribution is -2.34. The number of carbonyl (C=O) groups is 1. The molecule has 0 heterocycles. The van der Waals surface area contributed by atoms with Crippen LogP contribution in [-0.4, -0.2) is 5.91 Å². The van der Waals surface area contributed by atoms with Gasteiger partial charge in [-0.1, -0.05) is 29.8 Å². The molecule has 2 aromatic carbocycles. The van der Waals surface area contributed by atoms with E-state index in [-0.39, 0.29) is 5.91 Å². The molecule has 2 rings (SSSR count). The molecule has 0 radical (unpaired) electrons. The fourth-order valence-corrected chi connectivity index (χ4v) is 2.13. The van der Waals surface area contributed by atoms with Crippen molar-refractivity contribution in [2.24, 2.45) is 0 Å². The molecule has 2 aromatic rings. The van der Waals surface area contributed by atoms with E-state index in [1.54, 1.807) is 13.8 Å². The number of halogens is 3. The first-order valence-corrected chi connectivity index (χ1v) is 7.16. The Labute approximate surface area is 133 Å². The van der Waals surface area contributed by atoms with Gasteiger partial charge in [0.1, 0.15) is 0 Å². The molecule has 0 fully saturated rings. The third kappa shape index (κ3) is 3.92. The number of hydrogen-bond acceptors (Lipinski definition) is 1. The monoisotopic (exact) mass is 321 g/mol. The van der Waals surface area contributed by atoms with Crippen LogP contribution in [0.25, 0.3) is 0 Å². The summed E-state index contributed by atoms with van der Waals surface area (Å²) in [4.78, 5) is 12.5. The Morgan fingerprint density at radius 2 is 1.35 bits per heavy atom. The molecule has 0 aliphatic rings. The summed E-state index contributed by atoms with van der Waals surface area (Å²) in [7, 11) is 0. The largest absolute Gasteiger partial charge is 0.416 e. The smallest absolute Gasteiger partial charge is 0.325 e. The van der Waals surface area contributed by atoms with Gasteiger partial charge in [-0.25, -0.2) is 0 Å². The van der Waals surface area contributed by atoms with Crippen LogP contribution in [0.4, 0.5) is 18.9 Å². The van der Waals surface area contributed by atoms with Crippen molar-refractivity contribution < 1.29 is 18.0 Å². The van der Waals surface area contributed by atoms with Crippen LogP contribution in [0.1, 0.15) is 30.5 Å². The molecule has 5 heteroatoms. The number of aryl methyl sites for hydroxylation is 1. The number of anilines is 1. The fraction of sp³-hybridized carbons (Fsp3) is 0.278. The average Bonchev–Trinajstić information content (AvgIpc) is 2.47. The Kier molecular flexibility index (Phi) is 4.50. The Morgan fingerprint density at radius 1 is 0.870 bits per heavy atom. The van der Waals surface area contributed by atoms with E-state index in [2.05, 4.69) is 5.32 Å². The van der Waals surface area contributed by atoms with Gasteiger partial charge in [0, 0.05) is 5.69 Å². The predicted octanol–water partition coefficient (Wildman–Crippen LogP) is 4.93. The van der Waals surface area contributed by atoms with Crippen LogP contribution in [0.15, 0.2) is 48.5 Å². The molecule has 122 valence electrons. The van der Waals surface area contributed by atoms with E-state index in [0.717, 1.165) is 23.3 Å². The zero-order valence-corrected chi connectivity index (χ0v) is 13.2. The maximum Gasteiger partial charge on any atom is 0.416 e. The predicted molar refractivity (Wildman–Crippen MR) is 84.3 cm³/mol. The van der Waals surface area contributed by atoms with Gasteiger partial charge in [0.25, 0.3) is 0 Å². The second kappa shape index (κ2) is 6.07. The molecule has 1 N–H and O–H groups in total. The molecule has 0 aromatic heterocycles. The number of hydrogen-bond donors (Lipinski definition) is 1. The van der Waals surface area contributed by atoms with E-state index in [4.69, 9.17) is 0 Å². The van der Waals surface area contributed by atoms with E-state index >= 15 is 0 Å². The molecule has 0 saturated heterocycles. The minimum absolute atomic E-state index is 0.277. The van der Waals surface area contributed by atoms with Crippen molar-refractivity contribution in [3.8, 4) is 0 Å². The van der Waals surface area contributed by atoms with Crippen molar-refractivity contribution in [2.75, 3.05) is 5.32 Å². The van der Waals surface area contributed by atoms with Gasteiger partial charge in [-0.05, 0) is 50.6 Å². The normalized spacial score (nSPS) is 12.1. The summed E-state index contributed by atoms with van der Waals surface area (Å²) >= 11 is 0. The topological polar surface area (TPSA) is 29.1 Å². The van der Waals surface area contributed by atoms with Crippen molar-refractivity contribution in [2.45, 2.75) is 32.4 Å². The van der Waals surface area contributed by atoms with Crippen LogP contribution in [0.3, 0.4) is 0 Å². The highest BCUT2D eigenvalue weighted by atomic mass is 19.4.